The first-order valence-corrected chi connectivity index (χ1v) is 8.58. The van der Waals surface area contributed by atoms with Gasteiger partial charge in [0.1, 0.15) is 5.69 Å². The number of para-hydroxylation sites is 1. The van der Waals surface area contributed by atoms with E-state index in [4.69, 9.17) is 0 Å². The highest BCUT2D eigenvalue weighted by atomic mass is 16.1. The lowest BCUT2D eigenvalue weighted by Gasteiger charge is -2.12. The minimum atomic E-state index is -0.192. The molecule has 4 rings (SSSR count). The molecule has 3 aromatic carbocycles. The zero-order valence-corrected chi connectivity index (χ0v) is 14.2. The predicted octanol–water partition coefficient (Wildman–Crippen LogP) is 5.08. The van der Waals surface area contributed by atoms with E-state index >= 15 is 0 Å². The van der Waals surface area contributed by atoms with Crippen LogP contribution in [0.4, 0.5) is 5.69 Å². The first-order chi connectivity index (χ1) is 12.8. The number of aromatic nitrogens is 1. The number of hydrogen-bond acceptors (Lipinski definition) is 2. The third-order valence-electron chi connectivity index (χ3n) is 4.39. The summed E-state index contributed by atoms with van der Waals surface area (Å²) in [4.78, 5) is 17.2. The molecule has 0 unspecified atom stereocenters. The molecule has 1 N–H and O–H groups in total. The molecule has 0 fully saturated rings. The first kappa shape index (κ1) is 16.0. The third kappa shape index (κ3) is 3.33. The molecule has 0 saturated heterocycles. The summed E-state index contributed by atoms with van der Waals surface area (Å²) >= 11 is 0. The van der Waals surface area contributed by atoms with Crippen LogP contribution >= 0.6 is 0 Å². The summed E-state index contributed by atoms with van der Waals surface area (Å²) in [7, 11) is 0. The SMILES string of the molecule is O=C(Nc1ccccc1Cc1ccccc1)c1nccc2ccccc12. The Morgan fingerprint density at radius 3 is 2.42 bits per heavy atom. The molecule has 0 atom stereocenters. The van der Waals surface area contributed by atoms with Crippen LogP contribution in [0.15, 0.2) is 91.1 Å². The van der Waals surface area contributed by atoms with Crippen molar-refractivity contribution in [1.82, 2.24) is 4.98 Å². The van der Waals surface area contributed by atoms with Crippen molar-refractivity contribution in [3.05, 3.63) is 108 Å². The number of pyridine rings is 1. The second-order valence-corrected chi connectivity index (χ2v) is 6.15. The number of hydrogen-bond donors (Lipinski definition) is 1. The van der Waals surface area contributed by atoms with Crippen LogP contribution in [-0.2, 0) is 6.42 Å². The molecule has 0 aliphatic heterocycles. The molecule has 0 spiro atoms. The molecule has 26 heavy (non-hydrogen) atoms. The maximum Gasteiger partial charge on any atom is 0.274 e. The van der Waals surface area contributed by atoms with Crippen molar-refractivity contribution in [1.29, 1.82) is 0 Å². The number of carbonyl (C=O) groups excluding carboxylic acids is 1. The molecular formula is C23H18N2O. The minimum absolute atomic E-state index is 0.192. The van der Waals surface area contributed by atoms with Gasteiger partial charge in [-0.25, -0.2) is 0 Å². The van der Waals surface area contributed by atoms with E-state index in [0.29, 0.717) is 5.69 Å². The number of rotatable bonds is 4. The molecule has 126 valence electrons. The zero-order valence-electron chi connectivity index (χ0n) is 14.2. The number of amides is 1. The molecule has 3 nitrogen and oxygen atoms in total. The average molecular weight is 338 g/mol. The van der Waals surface area contributed by atoms with E-state index in [9.17, 15) is 4.79 Å². The van der Waals surface area contributed by atoms with Gasteiger partial charge >= 0.3 is 0 Å². The highest BCUT2D eigenvalue weighted by Crippen LogP contribution is 2.22. The molecule has 0 bridgehead atoms. The maximum atomic E-state index is 12.9. The van der Waals surface area contributed by atoms with Crippen LogP contribution in [0, 0.1) is 0 Å². The fourth-order valence-corrected chi connectivity index (χ4v) is 3.09. The van der Waals surface area contributed by atoms with Crippen molar-refractivity contribution in [2.45, 2.75) is 6.42 Å². The van der Waals surface area contributed by atoms with Crippen molar-refractivity contribution in [3.8, 4) is 0 Å². The number of benzene rings is 3. The second-order valence-electron chi connectivity index (χ2n) is 6.15. The minimum Gasteiger partial charge on any atom is -0.320 e. The Morgan fingerprint density at radius 2 is 1.54 bits per heavy atom. The molecule has 0 aliphatic carbocycles. The Labute approximate surface area is 152 Å². The monoisotopic (exact) mass is 338 g/mol. The van der Waals surface area contributed by atoms with Gasteiger partial charge in [0.25, 0.3) is 5.91 Å². The molecule has 3 heteroatoms. The molecule has 1 heterocycles. The Morgan fingerprint density at radius 1 is 0.808 bits per heavy atom. The van der Waals surface area contributed by atoms with Gasteiger partial charge in [-0.05, 0) is 35.1 Å². The number of nitrogens with one attached hydrogen (secondary N) is 1. The molecule has 0 radical (unpaired) electrons. The van der Waals surface area contributed by atoms with Gasteiger partial charge in [-0.1, -0.05) is 72.8 Å². The summed E-state index contributed by atoms with van der Waals surface area (Å²) in [6.07, 6.45) is 2.44. The van der Waals surface area contributed by atoms with Crippen LogP contribution in [0.1, 0.15) is 21.6 Å². The topological polar surface area (TPSA) is 42.0 Å². The number of nitrogens with zero attached hydrogens (tertiary/aromatic N) is 1. The van der Waals surface area contributed by atoms with Crippen LogP contribution < -0.4 is 5.32 Å². The third-order valence-corrected chi connectivity index (χ3v) is 4.39. The Kier molecular flexibility index (Phi) is 4.44. The lowest BCUT2D eigenvalue weighted by molar-refractivity contribution is 0.102. The quantitative estimate of drug-likeness (QED) is 0.564. The van der Waals surface area contributed by atoms with Crippen LogP contribution in [0.3, 0.4) is 0 Å². The summed E-state index contributed by atoms with van der Waals surface area (Å²) in [5.41, 5.74) is 3.54. The molecule has 0 aliphatic rings. The Hall–Kier alpha value is -3.46. The standard InChI is InChI=1S/C23H18N2O/c26-23(22-20-12-6-4-10-18(20)14-15-24-22)25-21-13-7-5-11-19(21)16-17-8-2-1-3-9-17/h1-15H,16H2,(H,25,26). The Balaban J connectivity index is 1.64. The van der Waals surface area contributed by atoms with E-state index in [0.717, 1.165) is 28.4 Å². The largest absolute Gasteiger partial charge is 0.320 e. The van der Waals surface area contributed by atoms with Crippen molar-refractivity contribution in [2.75, 3.05) is 5.32 Å². The van der Waals surface area contributed by atoms with E-state index in [-0.39, 0.29) is 5.91 Å². The van der Waals surface area contributed by atoms with Gasteiger partial charge in [-0.3, -0.25) is 9.78 Å². The average Bonchev–Trinajstić information content (AvgIpc) is 2.70. The lowest BCUT2D eigenvalue weighted by atomic mass is 10.0. The normalized spacial score (nSPS) is 10.6. The van der Waals surface area contributed by atoms with E-state index < -0.39 is 0 Å². The van der Waals surface area contributed by atoms with E-state index in [1.165, 1.54) is 5.56 Å². The Bertz CT molecular complexity index is 1050. The lowest BCUT2D eigenvalue weighted by Crippen LogP contribution is -2.15. The van der Waals surface area contributed by atoms with Gasteiger partial charge in [0, 0.05) is 17.3 Å². The van der Waals surface area contributed by atoms with Crippen LogP contribution in [0.25, 0.3) is 10.8 Å². The van der Waals surface area contributed by atoms with Gasteiger partial charge in [0.15, 0.2) is 0 Å². The summed E-state index contributed by atoms with van der Waals surface area (Å²) in [5.74, 6) is -0.192. The van der Waals surface area contributed by atoms with Crippen molar-refractivity contribution >= 4 is 22.4 Å². The summed E-state index contributed by atoms with van der Waals surface area (Å²) in [6.45, 7) is 0. The van der Waals surface area contributed by atoms with Crippen LogP contribution in [0.5, 0.6) is 0 Å². The highest BCUT2D eigenvalue weighted by Gasteiger charge is 2.13. The number of anilines is 1. The van der Waals surface area contributed by atoms with Gasteiger partial charge in [-0.2, -0.15) is 0 Å². The maximum absolute atomic E-state index is 12.9. The van der Waals surface area contributed by atoms with Gasteiger partial charge in [0.2, 0.25) is 0 Å². The molecule has 1 aromatic heterocycles. The molecule has 1 amide bonds. The smallest absolute Gasteiger partial charge is 0.274 e. The highest BCUT2D eigenvalue weighted by molar-refractivity contribution is 6.11. The first-order valence-electron chi connectivity index (χ1n) is 8.58. The summed E-state index contributed by atoms with van der Waals surface area (Å²) in [6, 6.07) is 27.8. The number of carbonyl (C=O) groups is 1. The van der Waals surface area contributed by atoms with Crippen LogP contribution in [0.2, 0.25) is 0 Å². The van der Waals surface area contributed by atoms with Crippen molar-refractivity contribution in [2.24, 2.45) is 0 Å². The van der Waals surface area contributed by atoms with Gasteiger partial charge in [-0.15, -0.1) is 0 Å². The van der Waals surface area contributed by atoms with E-state index in [1.54, 1.807) is 6.20 Å². The summed E-state index contributed by atoms with van der Waals surface area (Å²) in [5, 5.41) is 4.90. The van der Waals surface area contributed by atoms with Crippen LogP contribution in [-0.4, -0.2) is 10.9 Å². The summed E-state index contributed by atoms with van der Waals surface area (Å²) < 4.78 is 0. The van der Waals surface area contributed by atoms with Crippen molar-refractivity contribution < 1.29 is 4.79 Å². The second kappa shape index (κ2) is 7.19. The fraction of sp³-hybridized carbons (Fsp3) is 0.0435. The van der Waals surface area contributed by atoms with E-state index in [1.807, 2.05) is 72.8 Å². The predicted molar refractivity (Wildman–Crippen MR) is 105 cm³/mol. The molecular weight excluding hydrogens is 320 g/mol. The van der Waals surface area contributed by atoms with Gasteiger partial charge < -0.3 is 5.32 Å². The zero-order chi connectivity index (χ0) is 17.8. The van der Waals surface area contributed by atoms with E-state index in [2.05, 4.69) is 22.4 Å². The fourth-order valence-electron chi connectivity index (χ4n) is 3.09. The van der Waals surface area contributed by atoms with Crippen molar-refractivity contribution in [3.63, 3.8) is 0 Å². The van der Waals surface area contributed by atoms with Gasteiger partial charge in [0.05, 0.1) is 0 Å². The molecule has 0 saturated carbocycles. The number of fused-ring (bicyclic) bond motifs is 1. The molecule has 4 aromatic rings.